The van der Waals surface area contributed by atoms with E-state index in [2.05, 4.69) is 5.32 Å². The molecule has 1 atom stereocenters. The van der Waals surface area contributed by atoms with E-state index in [1.165, 1.54) is 11.8 Å². The van der Waals surface area contributed by atoms with Crippen LogP contribution in [0.5, 0.6) is 11.5 Å². The Morgan fingerprint density at radius 3 is 2.58 bits per heavy atom. The highest BCUT2D eigenvalue weighted by Gasteiger charge is 2.42. The van der Waals surface area contributed by atoms with Crippen LogP contribution in [0.4, 0.5) is 0 Å². The van der Waals surface area contributed by atoms with E-state index in [9.17, 15) is 9.59 Å². The van der Waals surface area contributed by atoms with Gasteiger partial charge in [-0.3, -0.25) is 4.79 Å². The second-order valence-electron chi connectivity index (χ2n) is 8.58. The van der Waals surface area contributed by atoms with Crippen LogP contribution in [0.3, 0.4) is 0 Å². The lowest BCUT2D eigenvalue weighted by Crippen LogP contribution is -2.38. The summed E-state index contributed by atoms with van der Waals surface area (Å²) in [5.41, 5.74) is 3.18. The topological polar surface area (TPSA) is 98.7 Å². The summed E-state index contributed by atoms with van der Waals surface area (Å²) in [4.78, 5) is 33.0. The van der Waals surface area contributed by atoms with Gasteiger partial charge in [-0.05, 0) is 36.1 Å². The summed E-state index contributed by atoms with van der Waals surface area (Å²) in [6.07, 6.45) is 0.101. The zero-order valence-electron chi connectivity index (χ0n) is 21.9. The fourth-order valence-electron chi connectivity index (χ4n) is 4.30. The van der Waals surface area contributed by atoms with E-state index in [0.29, 0.717) is 52.3 Å². The van der Waals surface area contributed by atoms with Crippen LogP contribution in [0.15, 0.2) is 75.9 Å². The Kier molecular flexibility index (Phi) is 9.09. The zero-order chi connectivity index (χ0) is 27.1. The van der Waals surface area contributed by atoms with Gasteiger partial charge in [0.15, 0.2) is 5.17 Å². The fraction of sp³-hybridized carbons (Fsp3) is 0.321. The molecule has 38 heavy (non-hydrogen) atoms. The number of rotatable bonds is 11. The molecule has 0 saturated carbocycles. The van der Waals surface area contributed by atoms with Crippen LogP contribution >= 0.6 is 11.8 Å². The molecule has 2 heterocycles. The van der Waals surface area contributed by atoms with Gasteiger partial charge in [-0.15, -0.1) is 0 Å². The van der Waals surface area contributed by atoms with E-state index < -0.39 is 12.0 Å². The Bertz CT molecular complexity index is 1270. The fourth-order valence-corrected chi connectivity index (χ4v) is 5.26. The highest BCUT2D eigenvalue weighted by molar-refractivity contribution is 8.16. The molecule has 1 amide bonds. The van der Waals surface area contributed by atoms with Gasteiger partial charge in [0.2, 0.25) is 5.91 Å². The van der Waals surface area contributed by atoms with Gasteiger partial charge in [-0.1, -0.05) is 42.1 Å². The smallest absolute Gasteiger partial charge is 0.338 e. The first-order valence-electron chi connectivity index (χ1n) is 12.1. The molecule has 0 bridgehead atoms. The van der Waals surface area contributed by atoms with Crippen LogP contribution in [-0.2, 0) is 25.7 Å². The maximum Gasteiger partial charge on any atom is 0.338 e. The predicted molar refractivity (Wildman–Crippen MR) is 146 cm³/mol. The molecule has 2 aromatic rings. The lowest BCUT2D eigenvalue weighted by atomic mass is 9.92. The summed E-state index contributed by atoms with van der Waals surface area (Å²) in [6, 6.07) is 14.3. The van der Waals surface area contributed by atoms with Gasteiger partial charge in [-0.25, -0.2) is 9.79 Å². The maximum absolute atomic E-state index is 13.6. The van der Waals surface area contributed by atoms with E-state index in [-0.39, 0.29) is 18.9 Å². The van der Waals surface area contributed by atoms with Crippen molar-refractivity contribution in [1.82, 2.24) is 10.2 Å². The van der Waals surface area contributed by atoms with Crippen molar-refractivity contribution in [3.8, 4) is 11.5 Å². The number of hydrogen-bond donors (Lipinski definition) is 1. The van der Waals surface area contributed by atoms with Gasteiger partial charge in [0.1, 0.15) is 18.1 Å². The lowest BCUT2D eigenvalue weighted by Gasteiger charge is -2.37. The number of methoxy groups -OCH3 is 3. The van der Waals surface area contributed by atoms with Crippen LogP contribution < -0.4 is 14.8 Å². The monoisotopic (exact) mass is 537 g/mol. The first-order valence-corrected chi connectivity index (χ1v) is 13.0. The summed E-state index contributed by atoms with van der Waals surface area (Å²) in [5, 5.41) is 5.41. The lowest BCUT2D eigenvalue weighted by molar-refractivity contribution is -0.141. The summed E-state index contributed by atoms with van der Waals surface area (Å²) in [6.45, 7) is 2.73. The minimum Gasteiger partial charge on any atom is -0.497 e. The number of allylic oxidation sites excluding steroid dienone is 1. The molecule has 0 aliphatic carbocycles. The average Bonchev–Trinajstić information content (AvgIpc) is 3.32. The third-order valence-corrected chi connectivity index (χ3v) is 7.02. The van der Waals surface area contributed by atoms with E-state index in [0.717, 1.165) is 5.56 Å². The number of hydrogen-bond acceptors (Lipinski definition) is 9. The van der Waals surface area contributed by atoms with Crippen molar-refractivity contribution < 1.29 is 28.5 Å². The predicted octanol–water partition coefficient (Wildman–Crippen LogP) is 4.17. The molecule has 0 radical (unpaired) electrons. The molecule has 2 aromatic carbocycles. The molecule has 2 aliphatic rings. The third kappa shape index (κ3) is 6.03. The van der Waals surface area contributed by atoms with Crippen LogP contribution in [0.25, 0.3) is 0 Å². The van der Waals surface area contributed by atoms with Crippen molar-refractivity contribution in [2.75, 3.05) is 34.5 Å². The number of fused-ring (bicyclic) bond motifs is 1. The average molecular weight is 538 g/mol. The highest BCUT2D eigenvalue weighted by atomic mass is 32.2. The Balaban J connectivity index is 1.72. The van der Waals surface area contributed by atoms with Crippen molar-refractivity contribution in [1.29, 1.82) is 0 Å². The Hall–Kier alpha value is -3.76. The molecular weight excluding hydrogens is 506 g/mol. The molecule has 0 aromatic heterocycles. The molecule has 9 nitrogen and oxygen atoms in total. The van der Waals surface area contributed by atoms with E-state index >= 15 is 0 Å². The number of nitrogens with one attached hydrogen (secondary N) is 1. The third-order valence-electron chi connectivity index (χ3n) is 6.13. The Labute approximate surface area is 226 Å². The highest BCUT2D eigenvalue weighted by Crippen LogP contribution is 2.47. The van der Waals surface area contributed by atoms with Crippen molar-refractivity contribution in [3.05, 3.63) is 82.0 Å². The number of carbonyl (C=O) groups excluding carboxylic acids is 2. The molecule has 2 aliphatic heterocycles. The first-order chi connectivity index (χ1) is 18.5. The summed E-state index contributed by atoms with van der Waals surface area (Å²) < 4.78 is 22.0. The summed E-state index contributed by atoms with van der Waals surface area (Å²) in [5.74, 6) is 0.518. The van der Waals surface area contributed by atoms with Gasteiger partial charge < -0.3 is 29.2 Å². The summed E-state index contributed by atoms with van der Waals surface area (Å²) >= 11 is 1.41. The molecular formula is C28H31N3O6S. The minimum absolute atomic E-state index is 0.101. The molecule has 10 heteroatoms. The number of aliphatic imine (C=N–C) groups is 1. The van der Waals surface area contributed by atoms with E-state index in [1.54, 1.807) is 40.4 Å². The number of ether oxygens (including phenoxy) is 4. The van der Waals surface area contributed by atoms with E-state index in [4.69, 9.17) is 23.9 Å². The number of esters is 1. The molecule has 0 fully saturated rings. The normalized spacial score (nSPS) is 16.4. The quantitative estimate of drug-likeness (QED) is 0.337. The molecule has 0 saturated heterocycles. The second kappa shape index (κ2) is 12.7. The standard InChI is InChI=1S/C28H31N3O6S/c1-18-25(27(33)37-16-19-8-6-5-7-9-19)26(22-15-21(35-3)10-11-23(22)36-4)31-20(17-38-28(31)30-18)14-24(32)29-12-13-34-2/h5-11,15,17,26H,12-14,16H2,1-4H3,(H,29,32). The van der Waals surface area contributed by atoms with Gasteiger partial charge in [0.25, 0.3) is 0 Å². The Morgan fingerprint density at radius 2 is 1.87 bits per heavy atom. The van der Waals surface area contributed by atoms with Crippen LogP contribution in [0, 0.1) is 0 Å². The molecule has 4 rings (SSSR count). The zero-order valence-corrected chi connectivity index (χ0v) is 22.7. The first kappa shape index (κ1) is 27.3. The maximum atomic E-state index is 13.6. The number of benzene rings is 2. The van der Waals surface area contributed by atoms with Gasteiger partial charge in [0.05, 0.1) is 44.6 Å². The van der Waals surface area contributed by atoms with Gasteiger partial charge in [-0.2, -0.15) is 0 Å². The van der Waals surface area contributed by atoms with Gasteiger partial charge >= 0.3 is 5.97 Å². The second-order valence-corrected chi connectivity index (χ2v) is 9.42. The van der Waals surface area contributed by atoms with Crippen molar-refractivity contribution in [2.24, 2.45) is 4.99 Å². The number of carbonyl (C=O) groups is 2. The van der Waals surface area contributed by atoms with E-state index in [1.807, 2.05) is 46.7 Å². The van der Waals surface area contributed by atoms with Crippen molar-refractivity contribution in [2.45, 2.75) is 26.0 Å². The SMILES string of the molecule is COCCNC(=O)CC1=CSC2=NC(C)=C(C(=O)OCc3ccccc3)C(c3cc(OC)ccc3OC)N12. The molecule has 1 unspecified atom stereocenters. The van der Waals surface area contributed by atoms with Crippen LogP contribution in [0.1, 0.15) is 30.5 Å². The number of amides is 1. The molecule has 1 N–H and O–H groups in total. The minimum atomic E-state index is -0.649. The van der Waals surface area contributed by atoms with Gasteiger partial charge in [0, 0.05) is 24.9 Å². The largest absolute Gasteiger partial charge is 0.497 e. The molecule has 200 valence electrons. The Morgan fingerprint density at radius 1 is 1.08 bits per heavy atom. The number of amidine groups is 1. The van der Waals surface area contributed by atoms with Crippen molar-refractivity contribution >= 4 is 28.8 Å². The number of nitrogens with zero attached hydrogens (tertiary/aromatic N) is 2. The number of thioether (sulfide) groups is 1. The van der Waals surface area contributed by atoms with Crippen LogP contribution in [-0.4, -0.2) is 56.4 Å². The van der Waals surface area contributed by atoms with Crippen LogP contribution in [0.2, 0.25) is 0 Å². The molecule has 0 spiro atoms. The summed E-state index contributed by atoms with van der Waals surface area (Å²) in [7, 11) is 4.74. The van der Waals surface area contributed by atoms with Crippen molar-refractivity contribution in [3.63, 3.8) is 0 Å².